The topological polar surface area (TPSA) is 110 Å². The van der Waals surface area contributed by atoms with Crippen LogP contribution >= 0.6 is 0 Å². The first-order chi connectivity index (χ1) is 7.66. The molecule has 82 valence electrons. The Morgan fingerprint density at radius 3 is 2.75 bits per heavy atom. The number of hydrogen-bond acceptors (Lipinski definition) is 4. The van der Waals surface area contributed by atoms with Crippen LogP contribution in [0.1, 0.15) is 10.4 Å². The summed E-state index contributed by atoms with van der Waals surface area (Å²) in [5.74, 6) is 0.211. The Labute approximate surface area is 91.6 Å². The molecule has 0 unspecified atom stereocenters. The minimum Gasteiger partial charge on any atom is -0.399 e. The van der Waals surface area contributed by atoms with Crippen molar-refractivity contribution in [1.82, 2.24) is 10.2 Å². The van der Waals surface area contributed by atoms with E-state index >= 15 is 0 Å². The van der Waals surface area contributed by atoms with Gasteiger partial charge >= 0.3 is 0 Å². The van der Waals surface area contributed by atoms with E-state index < -0.39 is 0 Å². The number of H-pyrrole nitrogens is 1. The van der Waals surface area contributed by atoms with Gasteiger partial charge in [0.25, 0.3) is 5.91 Å². The number of carbonyl (C=O) groups is 1. The summed E-state index contributed by atoms with van der Waals surface area (Å²) in [6, 6.07) is 6.39. The summed E-state index contributed by atoms with van der Waals surface area (Å²) in [4.78, 5) is 11.8. The fraction of sp³-hybridized carbons (Fsp3) is 0. The molecule has 16 heavy (non-hydrogen) atoms. The van der Waals surface area contributed by atoms with Crippen molar-refractivity contribution in [2.24, 2.45) is 0 Å². The summed E-state index contributed by atoms with van der Waals surface area (Å²) in [6.45, 7) is 0. The second-order valence-electron chi connectivity index (χ2n) is 3.27. The number of rotatable bonds is 2. The molecule has 6 heteroatoms. The first kappa shape index (κ1) is 10.0. The van der Waals surface area contributed by atoms with Crippen molar-refractivity contribution in [3.8, 4) is 0 Å². The van der Waals surface area contributed by atoms with Crippen LogP contribution in [0.3, 0.4) is 0 Å². The van der Waals surface area contributed by atoms with Gasteiger partial charge in [-0.3, -0.25) is 9.89 Å². The molecule has 6 N–H and O–H groups in total. The maximum absolute atomic E-state index is 11.8. The van der Waals surface area contributed by atoms with Crippen molar-refractivity contribution >= 4 is 23.1 Å². The van der Waals surface area contributed by atoms with Gasteiger partial charge < -0.3 is 16.8 Å². The fourth-order valence-corrected chi connectivity index (χ4v) is 1.30. The zero-order valence-electron chi connectivity index (χ0n) is 8.40. The minimum absolute atomic E-state index is 0.304. The Hall–Kier alpha value is -2.50. The van der Waals surface area contributed by atoms with Crippen molar-refractivity contribution in [3.63, 3.8) is 0 Å². The predicted molar refractivity (Wildman–Crippen MR) is 61.8 cm³/mol. The molecule has 0 atom stereocenters. The van der Waals surface area contributed by atoms with E-state index in [1.54, 1.807) is 30.5 Å². The molecule has 0 aliphatic carbocycles. The summed E-state index contributed by atoms with van der Waals surface area (Å²) in [5.41, 5.74) is 12.5. The van der Waals surface area contributed by atoms with E-state index in [9.17, 15) is 4.79 Å². The molecule has 2 rings (SSSR count). The van der Waals surface area contributed by atoms with Crippen molar-refractivity contribution in [1.29, 1.82) is 0 Å². The SMILES string of the molecule is Nc1ccc(C(=O)Nc2ccn[nH]2)c(N)c1. The molecular formula is C10H11N5O. The smallest absolute Gasteiger partial charge is 0.258 e. The van der Waals surface area contributed by atoms with Gasteiger partial charge in [0, 0.05) is 17.4 Å². The van der Waals surface area contributed by atoms with Crippen molar-refractivity contribution in [3.05, 3.63) is 36.0 Å². The van der Waals surface area contributed by atoms with E-state index in [0.717, 1.165) is 0 Å². The molecule has 1 heterocycles. The van der Waals surface area contributed by atoms with Crippen LogP contribution in [0.2, 0.25) is 0 Å². The number of benzene rings is 1. The third-order valence-corrected chi connectivity index (χ3v) is 2.07. The molecule has 0 aliphatic heterocycles. The van der Waals surface area contributed by atoms with Gasteiger partial charge in [0.2, 0.25) is 0 Å². The summed E-state index contributed by atoms with van der Waals surface area (Å²) in [6.07, 6.45) is 1.54. The maximum atomic E-state index is 11.8. The largest absolute Gasteiger partial charge is 0.399 e. The zero-order chi connectivity index (χ0) is 11.5. The Morgan fingerprint density at radius 2 is 2.12 bits per heavy atom. The number of nitrogen functional groups attached to an aromatic ring is 2. The van der Waals surface area contributed by atoms with E-state index in [1.807, 2.05) is 0 Å². The average Bonchev–Trinajstić information content (AvgIpc) is 2.70. The van der Waals surface area contributed by atoms with Crippen molar-refractivity contribution < 1.29 is 4.79 Å². The summed E-state index contributed by atoms with van der Waals surface area (Å²) < 4.78 is 0. The molecule has 1 amide bonds. The Kier molecular flexibility index (Phi) is 2.47. The van der Waals surface area contributed by atoms with Crippen molar-refractivity contribution in [2.45, 2.75) is 0 Å². The molecule has 1 aromatic heterocycles. The normalized spacial score (nSPS) is 10.0. The van der Waals surface area contributed by atoms with Crippen LogP contribution in [0, 0.1) is 0 Å². The van der Waals surface area contributed by atoms with Gasteiger partial charge in [0.05, 0.1) is 11.8 Å². The monoisotopic (exact) mass is 217 g/mol. The third-order valence-electron chi connectivity index (χ3n) is 2.07. The lowest BCUT2D eigenvalue weighted by Crippen LogP contribution is -2.14. The number of nitrogens with two attached hydrogens (primary N) is 2. The maximum Gasteiger partial charge on any atom is 0.258 e. The number of hydrogen-bond donors (Lipinski definition) is 4. The molecule has 0 fully saturated rings. The molecule has 0 aliphatic rings. The number of nitrogens with zero attached hydrogens (tertiary/aromatic N) is 1. The standard InChI is InChI=1S/C10H11N5O/c11-6-1-2-7(8(12)5-6)10(16)14-9-3-4-13-15-9/h1-5H,11-12H2,(H2,13,14,15,16). The molecule has 1 aromatic carbocycles. The lowest BCUT2D eigenvalue weighted by atomic mass is 10.1. The van der Waals surface area contributed by atoms with Crippen LogP contribution < -0.4 is 16.8 Å². The highest BCUT2D eigenvalue weighted by atomic mass is 16.1. The van der Waals surface area contributed by atoms with Crippen LogP contribution in [0.15, 0.2) is 30.5 Å². The Balaban J connectivity index is 2.21. The first-order valence-corrected chi connectivity index (χ1v) is 4.62. The summed E-state index contributed by atoms with van der Waals surface area (Å²) in [5, 5.41) is 8.96. The second-order valence-corrected chi connectivity index (χ2v) is 3.27. The van der Waals surface area contributed by atoms with Crippen LogP contribution in [0.5, 0.6) is 0 Å². The lowest BCUT2D eigenvalue weighted by molar-refractivity contribution is 0.102. The van der Waals surface area contributed by atoms with E-state index in [4.69, 9.17) is 11.5 Å². The van der Waals surface area contributed by atoms with Crippen LogP contribution in [-0.2, 0) is 0 Å². The Morgan fingerprint density at radius 1 is 1.31 bits per heavy atom. The van der Waals surface area contributed by atoms with Gasteiger partial charge in [-0.15, -0.1) is 0 Å². The third kappa shape index (κ3) is 1.95. The minimum atomic E-state index is -0.304. The van der Waals surface area contributed by atoms with Gasteiger partial charge in [-0.1, -0.05) is 0 Å². The van der Waals surface area contributed by atoms with Gasteiger partial charge in [-0.05, 0) is 18.2 Å². The van der Waals surface area contributed by atoms with Crippen LogP contribution in [0.4, 0.5) is 17.2 Å². The van der Waals surface area contributed by atoms with Gasteiger partial charge in [0.1, 0.15) is 5.82 Å². The molecule has 0 saturated heterocycles. The zero-order valence-corrected chi connectivity index (χ0v) is 8.40. The summed E-state index contributed by atoms with van der Waals surface area (Å²) >= 11 is 0. The van der Waals surface area contributed by atoms with Gasteiger partial charge in [-0.2, -0.15) is 5.10 Å². The average molecular weight is 217 g/mol. The first-order valence-electron chi connectivity index (χ1n) is 4.62. The lowest BCUT2D eigenvalue weighted by Gasteiger charge is -2.06. The molecule has 0 bridgehead atoms. The number of carbonyl (C=O) groups excluding carboxylic acids is 1. The van der Waals surface area contributed by atoms with E-state index in [1.165, 1.54) is 0 Å². The number of amides is 1. The fourth-order valence-electron chi connectivity index (χ4n) is 1.30. The molecule has 0 spiro atoms. The summed E-state index contributed by atoms with van der Waals surface area (Å²) in [7, 11) is 0. The quantitative estimate of drug-likeness (QED) is 0.558. The van der Waals surface area contributed by atoms with Gasteiger partial charge in [0.15, 0.2) is 0 Å². The number of aromatic amines is 1. The molecule has 2 aromatic rings. The number of aromatic nitrogens is 2. The second kappa shape index (κ2) is 3.93. The molecule has 6 nitrogen and oxygen atoms in total. The highest BCUT2D eigenvalue weighted by molar-refractivity contribution is 6.07. The highest BCUT2D eigenvalue weighted by Crippen LogP contribution is 2.16. The predicted octanol–water partition coefficient (Wildman–Crippen LogP) is 0.826. The Bertz CT molecular complexity index is 506. The van der Waals surface area contributed by atoms with Crippen LogP contribution in [0.25, 0.3) is 0 Å². The molecule has 0 saturated carbocycles. The van der Waals surface area contributed by atoms with Gasteiger partial charge in [-0.25, -0.2) is 0 Å². The number of anilines is 3. The highest BCUT2D eigenvalue weighted by Gasteiger charge is 2.10. The van der Waals surface area contributed by atoms with Crippen molar-refractivity contribution in [2.75, 3.05) is 16.8 Å². The van der Waals surface area contributed by atoms with E-state index in [0.29, 0.717) is 22.8 Å². The van der Waals surface area contributed by atoms with Crippen LogP contribution in [-0.4, -0.2) is 16.1 Å². The number of nitrogens with one attached hydrogen (secondary N) is 2. The van der Waals surface area contributed by atoms with E-state index in [2.05, 4.69) is 15.5 Å². The van der Waals surface area contributed by atoms with E-state index in [-0.39, 0.29) is 5.91 Å². The molecule has 0 radical (unpaired) electrons. The molecular weight excluding hydrogens is 206 g/mol.